The fourth-order valence-corrected chi connectivity index (χ4v) is 1.92. The predicted octanol–water partition coefficient (Wildman–Crippen LogP) is 2.60. The zero-order valence-electron chi connectivity index (χ0n) is 10.9. The zero-order chi connectivity index (χ0) is 12.8. The number of carboxylic acids is 1. The third kappa shape index (κ3) is 4.19. The first-order valence-corrected chi connectivity index (χ1v) is 6.03. The van der Waals surface area contributed by atoms with Crippen molar-refractivity contribution in [2.24, 2.45) is 0 Å². The number of carbonyl (C=O) groups is 1. The van der Waals surface area contributed by atoms with Crippen molar-refractivity contribution in [2.45, 2.75) is 33.7 Å². The Morgan fingerprint density at radius 3 is 2.35 bits per heavy atom. The molecule has 0 radical (unpaired) electrons. The molecule has 0 amide bonds. The van der Waals surface area contributed by atoms with Crippen molar-refractivity contribution in [1.29, 1.82) is 0 Å². The van der Waals surface area contributed by atoms with Gasteiger partial charge >= 0.3 is 5.97 Å². The van der Waals surface area contributed by atoms with Crippen LogP contribution in [0.15, 0.2) is 18.2 Å². The van der Waals surface area contributed by atoms with E-state index in [1.54, 1.807) is 0 Å². The molecule has 0 aliphatic carbocycles. The van der Waals surface area contributed by atoms with Crippen LogP contribution in [-0.2, 0) is 11.3 Å². The molecule has 1 N–H and O–H groups in total. The summed E-state index contributed by atoms with van der Waals surface area (Å²) in [6.07, 6.45) is 0.207. The molecule has 1 rings (SSSR count). The molecule has 94 valence electrons. The summed E-state index contributed by atoms with van der Waals surface area (Å²) in [6, 6.07) is 6.27. The minimum Gasteiger partial charge on any atom is -0.481 e. The first-order valence-electron chi connectivity index (χ1n) is 6.03. The van der Waals surface area contributed by atoms with E-state index in [-0.39, 0.29) is 6.42 Å². The Balaban J connectivity index is 2.70. The number of rotatable bonds is 6. The predicted molar refractivity (Wildman–Crippen MR) is 69.1 cm³/mol. The van der Waals surface area contributed by atoms with Crippen molar-refractivity contribution in [3.05, 3.63) is 34.9 Å². The van der Waals surface area contributed by atoms with Gasteiger partial charge in [-0.2, -0.15) is 0 Å². The maximum atomic E-state index is 10.6. The Morgan fingerprint density at radius 1 is 1.29 bits per heavy atom. The van der Waals surface area contributed by atoms with E-state index < -0.39 is 5.97 Å². The van der Waals surface area contributed by atoms with Gasteiger partial charge in [0.05, 0.1) is 6.42 Å². The van der Waals surface area contributed by atoms with Gasteiger partial charge in [-0.25, -0.2) is 0 Å². The van der Waals surface area contributed by atoms with E-state index in [1.165, 1.54) is 16.7 Å². The Morgan fingerprint density at radius 2 is 1.88 bits per heavy atom. The van der Waals surface area contributed by atoms with E-state index in [1.807, 2.05) is 0 Å². The lowest BCUT2D eigenvalue weighted by molar-refractivity contribution is -0.137. The van der Waals surface area contributed by atoms with Gasteiger partial charge in [-0.05, 0) is 37.1 Å². The van der Waals surface area contributed by atoms with E-state index in [9.17, 15) is 4.79 Å². The molecule has 0 aliphatic heterocycles. The highest BCUT2D eigenvalue weighted by molar-refractivity contribution is 5.66. The molecule has 17 heavy (non-hydrogen) atoms. The van der Waals surface area contributed by atoms with Gasteiger partial charge in [-0.15, -0.1) is 0 Å². The normalized spacial score (nSPS) is 10.8. The topological polar surface area (TPSA) is 40.5 Å². The van der Waals surface area contributed by atoms with Crippen LogP contribution in [0.4, 0.5) is 0 Å². The fourth-order valence-electron chi connectivity index (χ4n) is 1.92. The Hall–Kier alpha value is -1.35. The van der Waals surface area contributed by atoms with Crippen LogP contribution in [0.25, 0.3) is 0 Å². The van der Waals surface area contributed by atoms with E-state index in [2.05, 4.69) is 43.9 Å². The fraction of sp³-hybridized carbons (Fsp3) is 0.500. The summed E-state index contributed by atoms with van der Waals surface area (Å²) in [7, 11) is 0. The highest BCUT2D eigenvalue weighted by Gasteiger charge is 2.09. The summed E-state index contributed by atoms with van der Waals surface area (Å²) in [5.41, 5.74) is 3.87. The molecule has 1 aromatic rings. The summed E-state index contributed by atoms with van der Waals surface area (Å²) < 4.78 is 0. The van der Waals surface area contributed by atoms with Gasteiger partial charge < -0.3 is 5.11 Å². The minimum atomic E-state index is -0.732. The summed E-state index contributed by atoms with van der Waals surface area (Å²) in [4.78, 5) is 12.7. The van der Waals surface area contributed by atoms with Gasteiger partial charge in [0.1, 0.15) is 0 Å². The van der Waals surface area contributed by atoms with Crippen molar-refractivity contribution < 1.29 is 9.90 Å². The molecular formula is C14H21NO2. The van der Waals surface area contributed by atoms with Gasteiger partial charge in [0.15, 0.2) is 0 Å². The van der Waals surface area contributed by atoms with Crippen molar-refractivity contribution in [1.82, 2.24) is 4.90 Å². The number of benzene rings is 1. The Bertz CT molecular complexity index is 368. The van der Waals surface area contributed by atoms with Crippen LogP contribution >= 0.6 is 0 Å². The SMILES string of the molecule is CCN(CCC(=O)O)Cc1c(C)cccc1C. The van der Waals surface area contributed by atoms with Gasteiger partial charge in [0.2, 0.25) is 0 Å². The molecule has 0 spiro atoms. The molecular weight excluding hydrogens is 214 g/mol. The number of aliphatic carboxylic acids is 1. The molecule has 0 unspecified atom stereocenters. The maximum absolute atomic E-state index is 10.6. The van der Waals surface area contributed by atoms with Gasteiger partial charge in [-0.3, -0.25) is 9.69 Å². The van der Waals surface area contributed by atoms with Crippen molar-refractivity contribution in [3.63, 3.8) is 0 Å². The van der Waals surface area contributed by atoms with Crippen LogP contribution < -0.4 is 0 Å². The summed E-state index contributed by atoms with van der Waals surface area (Å²) in [5, 5.41) is 8.71. The van der Waals surface area contributed by atoms with Gasteiger partial charge in [0.25, 0.3) is 0 Å². The number of nitrogens with zero attached hydrogens (tertiary/aromatic N) is 1. The van der Waals surface area contributed by atoms with Crippen LogP contribution in [0.5, 0.6) is 0 Å². The smallest absolute Gasteiger partial charge is 0.304 e. The molecule has 0 atom stereocenters. The van der Waals surface area contributed by atoms with Crippen molar-refractivity contribution in [3.8, 4) is 0 Å². The summed E-state index contributed by atoms with van der Waals surface area (Å²) in [6.45, 7) is 8.60. The number of hydrogen-bond acceptors (Lipinski definition) is 2. The standard InChI is InChI=1S/C14H21NO2/c1-4-15(9-8-14(16)17)10-13-11(2)6-5-7-12(13)3/h5-7H,4,8-10H2,1-3H3,(H,16,17). The highest BCUT2D eigenvalue weighted by Crippen LogP contribution is 2.15. The molecule has 1 aromatic carbocycles. The zero-order valence-corrected chi connectivity index (χ0v) is 10.9. The molecule has 0 fully saturated rings. The van der Waals surface area contributed by atoms with Crippen LogP contribution in [-0.4, -0.2) is 29.1 Å². The Labute approximate surface area is 103 Å². The van der Waals surface area contributed by atoms with Crippen LogP contribution in [0.1, 0.15) is 30.0 Å². The molecule has 3 nitrogen and oxygen atoms in total. The van der Waals surface area contributed by atoms with E-state index >= 15 is 0 Å². The Kier molecular flexibility index (Phi) is 5.16. The third-order valence-corrected chi connectivity index (χ3v) is 3.12. The molecule has 0 bridgehead atoms. The first-order chi connectivity index (χ1) is 8.04. The van der Waals surface area contributed by atoms with E-state index in [4.69, 9.17) is 5.11 Å². The molecule has 0 aromatic heterocycles. The lowest BCUT2D eigenvalue weighted by Crippen LogP contribution is -2.26. The molecule has 0 saturated heterocycles. The van der Waals surface area contributed by atoms with E-state index in [0.717, 1.165) is 13.1 Å². The summed E-state index contributed by atoms with van der Waals surface area (Å²) >= 11 is 0. The maximum Gasteiger partial charge on any atom is 0.304 e. The minimum absolute atomic E-state index is 0.207. The average molecular weight is 235 g/mol. The quantitative estimate of drug-likeness (QED) is 0.824. The van der Waals surface area contributed by atoms with Crippen LogP contribution in [0, 0.1) is 13.8 Å². The van der Waals surface area contributed by atoms with Crippen LogP contribution in [0.3, 0.4) is 0 Å². The highest BCUT2D eigenvalue weighted by atomic mass is 16.4. The second-order valence-corrected chi connectivity index (χ2v) is 4.38. The molecule has 3 heteroatoms. The van der Waals surface area contributed by atoms with Crippen molar-refractivity contribution in [2.75, 3.05) is 13.1 Å². The summed E-state index contributed by atoms with van der Waals surface area (Å²) in [5.74, 6) is -0.732. The molecule has 0 saturated carbocycles. The van der Waals surface area contributed by atoms with Crippen molar-refractivity contribution >= 4 is 5.97 Å². The third-order valence-electron chi connectivity index (χ3n) is 3.12. The van der Waals surface area contributed by atoms with E-state index in [0.29, 0.717) is 6.54 Å². The second kappa shape index (κ2) is 6.40. The number of carboxylic acid groups (broad SMARTS) is 1. The van der Waals surface area contributed by atoms with Gasteiger partial charge in [0, 0.05) is 13.1 Å². The monoisotopic (exact) mass is 235 g/mol. The van der Waals surface area contributed by atoms with Gasteiger partial charge in [-0.1, -0.05) is 25.1 Å². The lowest BCUT2D eigenvalue weighted by atomic mass is 10.0. The second-order valence-electron chi connectivity index (χ2n) is 4.38. The lowest BCUT2D eigenvalue weighted by Gasteiger charge is -2.21. The molecule has 0 heterocycles. The molecule has 0 aliphatic rings. The number of aryl methyl sites for hydroxylation is 2. The number of hydrogen-bond donors (Lipinski definition) is 1. The first kappa shape index (κ1) is 13.7. The largest absolute Gasteiger partial charge is 0.481 e. The van der Waals surface area contributed by atoms with Crippen LogP contribution in [0.2, 0.25) is 0 Å². The average Bonchev–Trinajstić information content (AvgIpc) is 2.27.